The van der Waals surface area contributed by atoms with Crippen LogP contribution in [0.5, 0.6) is 0 Å². The number of halogens is 1. The summed E-state index contributed by atoms with van der Waals surface area (Å²) in [6.45, 7) is 4.03. The molecule has 7 heteroatoms. The van der Waals surface area contributed by atoms with Gasteiger partial charge in [0.15, 0.2) is 0 Å². The summed E-state index contributed by atoms with van der Waals surface area (Å²) < 4.78 is 1.97. The summed E-state index contributed by atoms with van der Waals surface area (Å²) in [6.07, 6.45) is 1.70. The predicted octanol–water partition coefficient (Wildman–Crippen LogP) is 6.42. The first kappa shape index (κ1) is 19.0. The SMILES string of the molecule is Cc1ccc(C(=O)N(/N=C/c2cccs2)c2nc3ccc(Br)cc3s2)cc1C. The van der Waals surface area contributed by atoms with Gasteiger partial charge in [0.05, 0.1) is 16.4 Å². The number of aryl methyl sites for hydroxylation is 2. The monoisotopic (exact) mass is 469 g/mol. The molecule has 0 spiro atoms. The van der Waals surface area contributed by atoms with Crippen molar-refractivity contribution in [1.82, 2.24) is 4.98 Å². The van der Waals surface area contributed by atoms with Crippen LogP contribution in [-0.4, -0.2) is 17.1 Å². The van der Waals surface area contributed by atoms with Gasteiger partial charge >= 0.3 is 0 Å². The van der Waals surface area contributed by atoms with E-state index in [1.54, 1.807) is 17.6 Å². The third-order valence-electron chi connectivity index (χ3n) is 4.31. The highest BCUT2D eigenvalue weighted by Gasteiger charge is 2.21. The molecular formula is C21H16BrN3OS2. The Morgan fingerprint density at radius 2 is 2.00 bits per heavy atom. The van der Waals surface area contributed by atoms with Crippen molar-refractivity contribution in [3.05, 3.63) is 80.0 Å². The number of rotatable bonds is 4. The summed E-state index contributed by atoms with van der Waals surface area (Å²) >= 11 is 6.50. The van der Waals surface area contributed by atoms with E-state index < -0.39 is 0 Å². The summed E-state index contributed by atoms with van der Waals surface area (Å²) in [4.78, 5) is 18.9. The molecule has 0 N–H and O–H groups in total. The molecule has 0 aliphatic rings. The number of thiophene rings is 1. The fourth-order valence-electron chi connectivity index (χ4n) is 2.64. The summed E-state index contributed by atoms with van der Waals surface area (Å²) in [5, 5.41) is 8.40. The lowest BCUT2D eigenvalue weighted by Crippen LogP contribution is -2.25. The van der Waals surface area contributed by atoms with Crippen LogP contribution in [0.2, 0.25) is 0 Å². The molecule has 1 amide bonds. The van der Waals surface area contributed by atoms with Gasteiger partial charge in [0.2, 0.25) is 5.13 Å². The summed E-state index contributed by atoms with van der Waals surface area (Å²) in [7, 11) is 0. The number of hydrazone groups is 1. The van der Waals surface area contributed by atoms with Crippen LogP contribution >= 0.6 is 38.6 Å². The lowest BCUT2D eigenvalue weighted by Gasteiger charge is -2.14. The second kappa shape index (κ2) is 7.95. The van der Waals surface area contributed by atoms with E-state index in [9.17, 15) is 4.79 Å². The summed E-state index contributed by atoms with van der Waals surface area (Å²) in [5.41, 5.74) is 3.65. The number of hydrogen-bond acceptors (Lipinski definition) is 5. The van der Waals surface area contributed by atoms with E-state index in [0.29, 0.717) is 10.7 Å². The molecule has 0 saturated carbocycles. The van der Waals surface area contributed by atoms with Crippen LogP contribution in [0.25, 0.3) is 10.2 Å². The van der Waals surface area contributed by atoms with E-state index in [2.05, 4.69) is 26.0 Å². The van der Waals surface area contributed by atoms with E-state index in [0.717, 1.165) is 30.7 Å². The molecule has 4 aromatic rings. The molecule has 4 nitrogen and oxygen atoms in total. The molecule has 0 saturated heterocycles. The van der Waals surface area contributed by atoms with Gasteiger partial charge in [-0.25, -0.2) is 4.98 Å². The maximum atomic E-state index is 13.3. The smallest absolute Gasteiger partial charge is 0.267 e. The van der Waals surface area contributed by atoms with Crippen molar-refractivity contribution in [2.45, 2.75) is 13.8 Å². The minimum absolute atomic E-state index is 0.200. The maximum absolute atomic E-state index is 13.3. The largest absolute Gasteiger partial charge is 0.280 e. The van der Waals surface area contributed by atoms with Gasteiger partial charge in [0, 0.05) is 14.9 Å². The number of hydrogen-bond donors (Lipinski definition) is 0. The van der Waals surface area contributed by atoms with Gasteiger partial charge in [-0.2, -0.15) is 10.1 Å². The van der Waals surface area contributed by atoms with E-state index >= 15 is 0 Å². The molecule has 0 bridgehead atoms. The highest BCUT2D eigenvalue weighted by molar-refractivity contribution is 9.10. The second-order valence-corrected chi connectivity index (χ2v) is 9.19. The minimum atomic E-state index is -0.200. The van der Waals surface area contributed by atoms with Gasteiger partial charge < -0.3 is 0 Å². The Labute approximate surface area is 179 Å². The molecule has 140 valence electrons. The molecule has 0 aliphatic heterocycles. The normalized spacial score (nSPS) is 11.4. The number of fused-ring (bicyclic) bond motifs is 1. The molecule has 0 unspecified atom stereocenters. The molecule has 2 heterocycles. The zero-order valence-corrected chi connectivity index (χ0v) is 18.4. The van der Waals surface area contributed by atoms with Gasteiger partial charge in [-0.15, -0.1) is 11.3 Å². The van der Waals surface area contributed by atoms with Crippen molar-refractivity contribution < 1.29 is 4.79 Å². The van der Waals surface area contributed by atoms with Crippen molar-refractivity contribution in [2.75, 3.05) is 5.01 Å². The van der Waals surface area contributed by atoms with Crippen LogP contribution in [0.4, 0.5) is 5.13 Å². The van der Waals surface area contributed by atoms with Gasteiger partial charge in [-0.05, 0) is 66.8 Å². The topological polar surface area (TPSA) is 45.6 Å². The van der Waals surface area contributed by atoms with Crippen LogP contribution in [-0.2, 0) is 0 Å². The van der Waals surface area contributed by atoms with Crippen molar-refractivity contribution in [2.24, 2.45) is 5.10 Å². The highest BCUT2D eigenvalue weighted by atomic mass is 79.9. The van der Waals surface area contributed by atoms with E-state index in [-0.39, 0.29) is 5.91 Å². The minimum Gasteiger partial charge on any atom is -0.267 e. The van der Waals surface area contributed by atoms with Crippen LogP contribution in [0.1, 0.15) is 26.4 Å². The molecule has 2 aromatic carbocycles. The fourth-order valence-corrected chi connectivity index (χ4v) is 4.70. The quantitative estimate of drug-likeness (QED) is 0.255. The van der Waals surface area contributed by atoms with Crippen LogP contribution in [0, 0.1) is 13.8 Å². The van der Waals surface area contributed by atoms with Gasteiger partial charge in [-0.1, -0.05) is 39.4 Å². The first-order valence-corrected chi connectivity index (χ1v) is 11.1. The molecule has 2 aromatic heterocycles. The van der Waals surface area contributed by atoms with Crippen LogP contribution < -0.4 is 5.01 Å². The van der Waals surface area contributed by atoms with Crippen molar-refractivity contribution >= 4 is 66.1 Å². The van der Waals surface area contributed by atoms with E-state index in [1.165, 1.54) is 16.3 Å². The van der Waals surface area contributed by atoms with Crippen molar-refractivity contribution in [3.63, 3.8) is 0 Å². The molecule has 0 radical (unpaired) electrons. The summed E-state index contributed by atoms with van der Waals surface area (Å²) in [5.74, 6) is -0.200. The van der Waals surface area contributed by atoms with Gasteiger partial charge in [0.25, 0.3) is 5.91 Å². The van der Waals surface area contributed by atoms with Gasteiger partial charge in [-0.3, -0.25) is 4.79 Å². The van der Waals surface area contributed by atoms with Crippen molar-refractivity contribution in [1.29, 1.82) is 0 Å². The Morgan fingerprint density at radius 3 is 2.75 bits per heavy atom. The first-order chi connectivity index (χ1) is 13.5. The van der Waals surface area contributed by atoms with E-state index in [1.807, 2.05) is 67.8 Å². The summed E-state index contributed by atoms with van der Waals surface area (Å²) in [6, 6.07) is 15.5. The Hall–Kier alpha value is -2.35. The fraction of sp³-hybridized carbons (Fsp3) is 0.0952. The zero-order chi connectivity index (χ0) is 19.7. The number of carbonyl (C=O) groups is 1. The van der Waals surface area contributed by atoms with Crippen LogP contribution in [0.15, 0.2) is 63.5 Å². The Kier molecular flexibility index (Phi) is 5.39. The lowest BCUT2D eigenvalue weighted by molar-refractivity contribution is 0.0988. The Bertz CT molecular complexity index is 1180. The average molecular weight is 470 g/mol. The maximum Gasteiger partial charge on any atom is 0.280 e. The Morgan fingerprint density at radius 1 is 1.14 bits per heavy atom. The standard InChI is InChI=1S/C21H16BrN3OS2/c1-13-5-6-15(10-14(13)2)20(26)25(23-12-17-4-3-9-27-17)21-24-18-8-7-16(22)11-19(18)28-21/h3-12H,1-2H3/b23-12+. The molecule has 0 aliphatic carbocycles. The molecule has 4 rings (SSSR count). The van der Waals surface area contributed by atoms with Gasteiger partial charge in [0.1, 0.15) is 0 Å². The second-order valence-electron chi connectivity index (χ2n) is 6.28. The number of nitrogens with zero attached hydrogens (tertiary/aromatic N) is 3. The Balaban J connectivity index is 1.77. The number of aromatic nitrogens is 1. The zero-order valence-electron chi connectivity index (χ0n) is 15.2. The molecule has 28 heavy (non-hydrogen) atoms. The number of carbonyl (C=O) groups excluding carboxylic acids is 1. The third-order valence-corrected chi connectivity index (χ3v) is 6.60. The number of anilines is 1. The molecule has 0 atom stereocenters. The lowest BCUT2D eigenvalue weighted by atomic mass is 10.1. The van der Waals surface area contributed by atoms with Crippen LogP contribution in [0.3, 0.4) is 0 Å². The molecular weight excluding hydrogens is 454 g/mol. The van der Waals surface area contributed by atoms with Crippen molar-refractivity contribution in [3.8, 4) is 0 Å². The predicted molar refractivity (Wildman–Crippen MR) is 122 cm³/mol. The third kappa shape index (κ3) is 3.92. The number of amides is 1. The van der Waals surface area contributed by atoms with E-state index in [4.69, 9.17) is 0 Å². The highest BCUT2D eigenvalue weighted by Crippen LogP contribution is 2.32. The number of benzene rings is 2. The average Bonchev–Trinajstić information content (AvgIpc) is 3.33. The number of thiazole rings is 1. The first-order valence-electron chi connectivity index (χ1n) is 8.56. The molecule has 0 fully saturated rings.